The van der Waals surface area contributed by atoms with Gasteiger partial charge < -0.3 is 14.4 Å². The van der Waals surface area contributed by atoms with Gasteiger partial charge in [0.15, 0.2) is 0 Å². The Bertz CT molecular complexity index is 623. The maximum Gasteiger partial charge on any atom is 0.335 e. The van der Waals surface area contributed by atoms with Gasteiger partial charge in [0.05, 0.1) is 35.1 Å². The molecule has 3 rings (SSSR count). The minimum Gasteiger partial charge on any atom is -0.478 e. The van der Waals surface area contributed by atoms with Crippen molar-refractivity contribution < 1.29 is 14.6 Å². The van der Waals surface area contributed by atoms with Crippen LogP contribution in [0.15, 0.2) is 24.5 Å². The molecule has 1 saturated carbocycles. The molecule has 1 aromatic carbocycles. The lowest BCUT2D eigenvalue weighted by atomic mass is 9.80. The lowest BCUT2D eigenvalue weighted by molar-refractivity contribution is -0.0828. The third kappa shape index (κ3) is 2.00. The van der Waals surface area contributed by atoms with Crippen molar-refractivity contribution in [2.24, 2.45) is 0 Å². The second-order valence-electron chi connectivity index (χ2n) is 5.12. The molecular weight excluding hydrogens is 244 g/mol. The van der Waals surface area contributed by atoms with E-state index < -0.39 is 5.97 Å². The van der Waals surface area contributed by atoms with E-state index in [4.69, 9.17) is 9.84 Å². The van der Waals surface area contributed by atoms with Crippen molar-refractivity contribution in [1.29, 1.82) is 0 Å². The maximum absolute atomic E-state index is 11.0. The number of fused-ring (bicyclic) bond motifs is 1. The molecule has 100 valence electrons. The summed E-state index contributed by atoms with van der Waals surface area (Å²) in [6.45, 7) is 0.725. The number of benzene rings is 1. The van der Waals surface area contributed by atoms with E-state index in [1.54, 1.807) is 31.6 Å². The standard InChI is InChI=1S/C14H16N2O3/c1-19-14(5-2-6-14)8-16-9-15-11-4-3-10(13(17)18)7-12(11)16/h3-4,7,9H,2,5-6,8H2,1H3,(H,17,18). The molecule has 5 heteroatoms. The van der Waals surface area contributed by atoms with Crippen LogP contribution in [0.5, 0.6) is 0 Å². The zero-order valence-electron chi connectivity index (χ0n) is 10.8. The number of imidazole rings is 1. The zero-order valence-corrected chi connectivity index (χ0v) is 10.8. The predicted octanol–water partition coefficient (Wildman–Crippen LogP) is 2.30. The van der Waals surface area contributed by atoms with Crippen molar-refractivity contribution in [3.63, 3.8) is 0 Å². The smallest absolute Gasteiger partial charge is 0.335 e. The van der Waals surface area contributed by atoms with Crippen LogP contribution in [0.3, 0.4) is 0 Å². The maximum atomic E-state index is 11.0. The molecule has 0 saturated heterocycles. The minimum absolute atomic E-state index is 0.104. The number of hydrogen-bond acceptors (Lipinski definition) is 3. The van der Waals surface area contributed by atoms with Crippen LogP contribution in [0.4, 0.5) is 0 Å². The lowest BCUT2D eigenvalue weighted by Crippen LogP contribution is -2.43. The first-order valence-corrected chi connectivity index (χ1v) is 6.37. The first-order chi connectivity index (χ1) is 9.13. The van der Waals surface area contributed by atoms with E-state index in [1.807, 2.05) is 4.57 Å². The van der Waals surface area contributed by atoms with Gasteiger partial charge in [0.2, 0.25) is 0 Å². The molecule has 0 amide bonds. The minimum atomic E-state index is -0.917. The van der Waals surface area contributed by atoms with E-state index in [1.165, 1.54) is 6.42 Å². The summed E-state index contributed by atoms with van der Waals surface area (Å²) in [4.78, 5) is 15.3. The molecular formula is C14H16N2O3. The Balaban J connectivity index is 1.99. The Labute approximate surface area is 110 Å². The summed E-state index contributed by atoms with van der Waals surface area (Å²) in [5.41, 5.74) is 1.85. The number of nitrogens with zero attached hydrogens (tertiary/aromatic N) is 2. The molecule has 1 aliphatic rings. The highest BCUT2D eigenvalue weighted by molar-refractivity contribution is 5.92. The van der Waals surface area contributed by atoms with Crippen molar-refractivity contribution >= 4 is 17.0 Å². The Kier molecular flexibility index (Phi) is 2.78. The number of aromatic nitrogens is 2. The molecule has 0 aliphatic heterocycles. The van der Waals surface area contributed by atoms with Crippen molar-refractivity contribution in [1.82, 2.24) is 9.55 Å². The number of rotatable bonds is 4. The van der Waals surface area contributed by atoms with Crippen LogP contribution < -0.4 is 0 Å². The van der Waals surface area contributed by atoms with Gasteiger partial charge in [-0.3, -0.25) is 0 Å². The average Bonchev–Trinajstić information content (AvgIpc) is 2.76. The van der Waals surface area contributed by atoms with Gasteiger partial charge in [-0.1, -0.05) is 0 Å². The summed E-state index contributed by atoms with van der Waals surface area (Å²) >= 11 is 0. The molecule has 0 unspecified atom stereocenters. The van der Waals surface area contributed by atoms with Gasteiger partial charge >= 0.3 is 5.97 Å². The van der Waals surface area contributed by atoms with E-state index in [2.05, 4.69) is 4.98 Å². The summed E-state index contributed by atoms with van der Waals surface area (Å²) in [5.74, 6) is -0.917. The normalized spacial score (nSPS) is 17.3. The van der Waals surface area contributed by atoms with Gasteiger partial charge in [0, 0.05) is 7.11 Å². The quantitative estimate of drug-likeness (QED) is 0.916. The zero-order chi connectivity index (χ0) is 13.5. The number of aromatic carboxylic acids is 1. The van der Waals surface area contributed by atoms with Gasteiger partial charge in [0.25, 0.3) is 0 Å². The van der Waals surface area contributed by atoms with Gasteiger partial charge in [-0.05, 0) is 37.5 Å². The molecule has 1 fully saturated rings. The molecule has 1 heterocycles. The van der Waals surface area contributed by atoms with Crippen LogP contribution in [-0.2, 0) is 11.3 Å². The molecule has 1 N–H and O–H groups in total. The Morgan fingerprint density at radius 2 is 2.32 bits per heavy atom. The highest BCUT2D eigenvalue weighted by Gasteiger charge is 2.37. The molecule has 19 heavy (non-hydrogen) atoms. The van der Waals surface area contributed by atoms with E-state index >= 15 is 0 Å². The Morgan fingerprint density at radius 1 is 1.53 bits per heavy atom. The van der Waals surface area contributed by atoms with E-state index in [0.29, 0.717) is 0 Å². The number of carbonyl (C=O) groups is 1. The fourth-order valence-electron chi connectivity index (χ4n) is 2.62. The number of carboxylic acid groups (broad SMARTS) is 1. The number of carboxylic acids is 1. The van der Waals surface area contributed by atoms with Crippen molar-refractivity contribution in [2.45, 2.75) is 31.4 Å². The van der Waals surface area contributed by atoms with Crippen molar-refractivity contribution in [3.05, 3.63) is 30.1 Å². The van der Waals surface area contributed by atoms with Crippen LogP contribution in [0.2, 0.25) is 0 Å². The monoisotopic (exact) mass is 260 g/mol. The molecule has 1 aromatic heterocycles. The van der Waals surface area contributed by atoms with Crippen LogP contribution in [0.1, 0.15) is 29.6 Å². The second kappa shape index (κ2) is 4.35. The van der Waals surface area contributed by atoms with E-state index in [9.17, 15) is 4.79 Å². The van der Waals surface area contributed by atoms with Crippen LogP contribution in [0, 0.1) is 0 Å². The Hall–Kier alpha value is -1.88. The highest BCUT2D eigenvalue weighted by atomic mass is 16.5. The summed E-state index contributed by atoms with van der Waals surface area (Å²) in [5, 5.41) is 9.05. The van der Waals surface area contributed by atoms with E-state index in [-0.39, 0.29) is 11.2 Å². The lowest BCUT2D eigenvalue weighted by Gasteiger charge is -2.40. The fourth-order valence-corrected chi connectivity index (χ4v) is 2.62. The van der Waals surface area contributed by atoms with E-state index in [0.717, 1.165) is 30.4 Å². The van der Waals surface area contributed by atoms with Crippen LogP contribution in [-0.4, -0.2) is 33.3 Å². The first kappa shape index (κ1) is 12.2. The van der Waals surface area contributed by atoms with Crippen molar-refractivity contribution in [2.75, 3.05) is 7.11 Å². The third-order valence-corrected chi connectivity index (χ3v) is 4.02. The topological polar surface area (TPSA) is 64.4 Å². The first-order valence-electron chi connectivity index (χ1n) is 6.37. The molecule has 0 bridgehead atoms. The van der Waals surface area contributed by atoms with Gasteiger partial charge in [-0.15, -0.1) is 0 Å². The molecule has 0 atom stereocenters. The number of ether oxygens (including phenoxy) is 1. The van der Waals surface area contributed by atoms with Crippen LogP contribution in [0.25, 0.3) is 11.0 Å². The second-order valence-corrected chi connectivity index (χ2v) is 5.12. The van der Waals surface area contributed by atoms with Crippen LogP contribution >= 0.6 is 0 Å². The molecule has 2 aromatic rings. The van der Waals surface area contributed by atoms with Gasteiger partial charge in [0.1, 0.15) is 0 Å². The van der Waals surface area contributed by atoms with Crippen molar-refractivity contribution in [3.8, 4) is 0 Å². The molecule has 0 spiro atoms. The van der Waals surface area contributed by atoms with Gasteiger partial charge in [-0.2, -0.15) is 0 Å². The summed E-state index contributed by atoms with van der Waals surface area (Å²) in [6, 6.07) is 5.00. The summed E-state index contributed by atoms with van der Waals surface area (Å²) in [6.07, 6.45) is 5.03. The fraction of sp³-hybridized carbons (Fsp3) is 0.429. The number of hydrogen-bond donors (Lipinski definition) is 1. The summed E-state index contributed by atoms with van der Waals surface area (Å²) < 4.78 is 7.60. The molecule has 5 nitrogen and oxygen atoms in total. The molecule has 0 radical (unpaired) electrons. The Morgan fingerprint density at radius 3 is 2.89 bits per heavy atom. The average molecular weight is 260 g/mol. The SMILES string of the molecule is COC1(Cn2cnc3ccc(C(=O)O)cc32)CCC1. The summed E-state index contributed by atoms with van der Waals surface area (Å²) in [7, 11) is 1.74. The largest absolute Gasteiger partial charge is 0.478 e. The molecule has 1 aliphatic carbocycles. The van der Waals surface area contributed by atoms with Gasteiger partial charge in [-0.25, -0.2) is 9.78 Å². The number of methoxy groups -OCH3 is 1. The third-order valence-electron chi connectivity index (χ3n) is 4.02. The predicted molar refractivity (Wildman–Crippen MR) is 70.3 cm³/mol. The highest BCUT2D eigenvalue weighted by Crippen LogP contribution is 2.37.